The summed E-state index contributed by atoms with van der Waals surface area (Å²) in [5, 5.41) is 3.20. The SMILES string of the molecule is Cc1nc(Br)ccc1NC(=O)c1cc(N)cc(Cl)c1. The zero-order valence-corrected chi connectivity index (χ0v) is 12.4. The maximum absolute atomic E-state index is 12.1. The van der Waals surface area contributed by atoms with E-state index in [0.717, 1.165) is 10.3 Å². The summed E-state index contributed by atoms with van der Waals surface area (Å²) in [5.41, 5.74) is 7.88. The Bertz CT molecular complexity index is 626. The molecule has 0 atom stereocenters. The Labute approximate surface area is 124 Å². The summed E-state index contributed by atoms with van der Waals surface area (Å²) in [7, 11) is 0. The van der Waals surface area contributed by atoms with E-state index in [1.54, 1.807) is 30.3 Å². The largest absolute Gasteiger partial charge is 0.399 e. The number of nitrogens with zero attached hydrogens (tertiary/aromatic N) is 1. The number of pyridine rings is 1. The van der Waals surface area contributed by atoms with Crippen LogP contribution >= 0.6 is 27.5 Å². The number of halogens is 2. The minimum absolute atomic E-state index is 0.276. The zero-order valence-electron chi connectivity index (χ0n) is 10.1. The first-order chi connectivity index (χ1) is 8.95. The molecule has 19 heavy (non-hydrogen) atoms. The standard InChI is InChI=1S/C13H11BrClN3O/c1-7-11(2-3-12(14)17-7)18-13(19)8-4-9(15)6-10(16)5-8/h2-6H,16H2,1H3,(H,18,19). The summed E-state index contributed by atoms with van der Waals surface area (Å²) in [4.78, 5) is 16.3. The number of amides is 1. The third kappa shape index (κ3) is 3.45. The highest BCUT2D eigenvalue weighted by molar-refractivity contribution is 9.10. The fourth-order valence-corrected chi connectivity index (χ4v) is 2.24. The Morgan fingerprint density at radius 1 is 1.37 bits per heavy atom. The molecule has 3 N–H and O–H groups in total. The van der Waals surface area contributed by atoms with Crippen molar-refractivity contribution in [1.82, 2.24) is 4.98 Å². The summed E-state index contributed by atoms with van der Waals surface area (Å²) >= 11 is 9.14. The quantitative estimate of drug-likeness (QED) is 0.648. The van der Waals surface area contributed by atoms with Crippen LogP contribution in [0.4, 0.5) is 11.4 Å². The van der Waals surface area contributed by atoms with E-state index >= 15 is 0 Å². The van der Waals surface area contributed by atoms with E-state index < -0.39 is 0 Å². The van der Waals surface area contributed by atoms with Crippen molar-refractivity contribution in [3.8, 4) is 0 Å². The molecule has 0 aliphatic heterocycles. The highest BCUT2D eigenvalue weighted by Gasteiger charge is 2.10. The molecule has 4 nitrogen and oxygen atoms in total. The predicted molar refractivity (Wildman–Crippen MR) is 80.5 cm³/mol. The van der Waals surface area contributed by atoms with Crippen LogP contribution in [0.1, 0.15) is 16.1 Å². The van der Waals surface area contributed by atoms with Crippen LogP contribution in [-0.2, 0) is 0 Å². The van der Waals surface area contributed by atoms with Gasteiger partial charge in [0.05, 0.1) is 11.4 Å². The first kappa shape index (κ1) is 13.8. The van der Waals surface area contributed by atoms with Gasteiger partial charge in [-0.25, -0.2) is 4.98 Å². The van der Waals surface area contributed by atoms with Crippen LogP contribution in [0.3, 0.4) is 0 Å². The summed E-state index contributed by atoms with van der Waals surface area (Å²) < 4.78 is 0.718. The molecule has 0 saturated heterocycles. The second-order valence-electron chi connectivity index (χ2n) is 3.99. The maximum Gasteiger partial charge on any atom is 0.255 e. The van der Waals surface area contributed by atoms with Crippen molar-refractivity contribution < 1.29 is 4.79 Å². The summed E-state index contributed by atoms with van der Waals surface area (Å²) in [5.74, 6) is -0.276. The van der Waals surface area contributed by atoms with E-state index in [-0.39, 0.29) is 5.91 Å². The van der Waals surface area contributed by atoms with Crippen molar-refractivity contribution in [2.75, 3.05) is 11.1 Å². The molecule has 1 aromatic heterocycles. The number of nitrogens with two attached hydrogens (primary N) is 1. The topological polar surface area (TPSA) is 68.0 Å². The predicted octanol–water partition coefficient (Wildman–Crippen LogP) is 3.64. The first-order valence-corrected chi connectivity index (χ1v) is 6.63. The average Bonchev–Trinajstić information content (AvgIpc) is 2.31. The smallest absolute Gasteiger partial charge is 0.255 e. The molecule has 1 aromatic carbocycles. The molecule has 0 aliphatic carbocycles. The molecule has 98 valence electrons. The number of carbonyl (C=O) groups excluding carboxylic acids is 1. The molecule has 0 bridgehead atoms. The van der Waals surface area contributed by atoms with Crippen LogP contribution in [0, 0.1) is 6.92 Å². The number of carbonyl (C=O) groups is 1. The Balaban J connectivity index is 2.25. The van der Waals surface area contributed by atoms with Crippen LogP contribution in [-0.4, -0.2) is 10.9 Å². The molecule has 0 aliphatic rings. The summed E-state index contributed by atoms with van der Waals surface area (Å²) in [6.45, 7) is 1.81. The molecule has 0 unspecified atom stereocenters. The Kier molecular flexibility index (Phi) is 4.07. The van der Waals surface area contributed by atoms with Gasteiger partial charge < -0.3 is 11.1 Å². The van der Waals surface area contributed by atoms with Crippen molar-refractivity contribution in [3.05, 3.63) is 51.2 Å². The number of anilines is 2. The van der Waals surface area contributed by atoms with Crippen LogP contribution in [0.5, 0.6) is 0 Å². The van der Waals surface area contributed by atoms with Crippen LogP contribution in [0.25, 0.3) is 0 Å². The molecular formula is C13H11BrClN3O. The summed E-state index contributed by atoms with van der Waals surface area (Å²) in [6.07, 6.45) is 0. The van der Waals surface area contributed by atoms with E-state index in [9.17, 15) is 4.79 Å². The van der Waals surface area contributed by atoms with Gasteiger partial charge in [0.1, 0.15) is 4.60 Å². The Hall–Kier alpha value is -1.59. The second-order valence-corrected chi connectivity index (χ2v) is 5.24. The molecule has 1 heterocycles. The molecule has 0 spiro atoms. The zero-order chi connectivity index (χ0) is 14.0. The van der Waals surface area contributed by atoms with Gasteiger partial charge in [-0.2, -0.15) is 0 Å². The van der Waals surface area contributed by atoms with E-state index in [4.69, 9.17) is 17.3 Å². The molecule has 1 amide bonds. The fourth-order valence-electron chi connectivity index (χ4n) is 1.60. The lowest BCUT2D eigenvalue weighted by atomic mass is 10.2. The minimum atomic E-state index is -0.276. The molecular weight excluding hydrogens is 330 g/mol. The molecule has 6 heteroatoms. The summed E-state index contributed by atoms with van der Waals surface area (Å²) in [6, 6.07) is 8.26. The Morgan fingerprint density at radius 2 is 2.11 bits per heavy atom. The average molecular weight is 341 g/mol. The number of hydrogen-bond acceptors (Lipinski definition) is 3. The highest BCUT2D eigenvalue weighted by Crippen LogP contribution is 2.20. The first-order valence-electron chi connectivity index (χ1n) is 5.46. The van der Waals surface area contributed by atoms with E-state index in [1.807, 2.05) is 6.92 Å². The third-order valence-electron chi connectivity index (χ3n) is 2.48. The van der Waals surface area contributed by atoms with Gasteiger partial charge in [0.25, 0.3) is 5.91 Å². The van der Waals surface area contributed by atoms with E-state index in [0.29, 0.717) is 22.0 Å². The minimum Gasteiger partial charge on any atom is -0.399 e. The van der Waals surface area contributed by atoms with E-state index in [2.05, 4.69) is 26.2 Å². The van der Waals surface area contributed by atoms with Gasteiger partial charge in [-0.05, 0) is 53.2 Å². The number of rotatable bonds is 2. The lowest BCUT2D eigenvalue weighted by Gasteiger charge is -2.08. The fraction of sp³-hybridized carbons (Fsp3) is 0.0769. The van der Waals surface area contributed by atoms with Crippen LogP contribution in [0.15, 0.2) is 34.9 Å². The highest BCUT2D eigenvalue weighted by atomic mass is 79.9. The number of benzene rings is 1. The van der Waals surface area contributed by atoms with Gasteiger partial charge >= 0.3 is 0 Å². The second kappa shape index (κ2) is 5.59. The maximum atomic E-state index is 12.1. The number of aromatic nitrogens is 1. The van der Waals surface area contributed by atoms with Gasteiger partial charge in [0.15, 0.2) is 0 Å². The molecule has 0 fully saturated rings. The molecule has 2 rings (SSSR count). The molecule has 0 radical (unpaired) electrons. The van der Waals surface area contributed by atoms with Crippen LogP contribution < -0.4 is 11.1 Å². The van der Waals surface area contributed by atoms with Crippen molar-refractivity contribution in [3.63, 3.8) is 0 Å². The molecule has 2 aromatic rings. The van der Waals surface area contributed by atoms with Crippen molar-refractivity contribution in [2.45, 2.75) is 6.92 Å². The van der Waals surface area contributed by atoms with Gasteiger partial charge in [-0.3, -0.25) is 4.79 Å². The van der Waals surface area contributed by atoms with E-state index in [1.165, 1.54) is 0 Å². The normalized spacial score (nSPS) is 10.3. The lowest BCUT2D eigenvalue weighted by molar-refractivity contribution is 0.102. The van der Waals surface area contributed by atoms with Crippen molar-refractivity contribution in [1.29, 1.82) is 0 Å². The van der Waals surface area contributed by atoms with Crippen molar-refractivity contribution in [2.24, 2.45) is 0 Å². The monoisotopic (exact) mass is 339 g/mol. The third-order valence-corrected chi connectivity index (χ3v) is 3.14. The Morgan fingerprint density at radius 3 is 2.74 bits per heavy atom. The number of hydrogen-bond donors (Lipinski definition) is 2. The number of nitrogens with one attached hydrogen (secondary N) is 1. The van der Waals surface area contributed by atoms with Gasteiger partial charge in [0.2, 0.25) is 0 Å². The number of aryl methyl sites for hydroxylation is 1. The molecule has 0 saturated carbocycles. The van der Waals surface area contributed by atoms with Crippen LogP contribution in [0.2, 0.25) is 5.02 Å². The lowest BCUT2D eigenvalue weighted by Crippen LogP contribution is -2.13. The van der Waals surface area contributed by atoms with Gasteiger partial charge in [-0.15, -0.1) is 0 Å². The van der Waals surface area contributed by atoms with Crippen molar-refractivity contribution >= 4 is 44.8 Å². The van der Waals surface area contributed by atoms with Gasteiger partial charge in [-0.1, -0.05) is 11.6 Å². The van der Waals surface area contributed by atoms with Gasteiger partial charge in [0, 0.05) is 16.3 Å². The number of nitrogen functional groups attached to an aromatic ring is 1.